The van der Waals surface area contributed by atoms with E-state index in [1.54, 1.807) is 0 Å². The second-order valence-electron chi connectivity index (χ2n) is 7.69. The van der Waals surface area contributed by atoms with Crippen molar-refractivity contribution in [2.24, 2.45) is 29.6 Å². The minimum atomic E-state index is -0.562. The highest BCUT2D eigenvalue weighted by Gasteiger charge is 2.67. The third-order valence-electron chi connectivity index (χ3n) is 6.40. The summed E-state index contributed by atoms with van der Waals surface area (Å²) in [4.78, 5) is 14.8. The molecule has 5 atom stereocenters. The van der Waals surface area contributed by atoms with Gasteiger partial charge in [-0.15, -0.1) is 0 Å². The SMILES string of the molecule is CC1(O)CCCN(C(=O)C2C3C4CCC(C4)C23)CC1. The number of aliphatic hydroxyl groups is 1. The Morgan fingerprint density at radius 3 is 2.53 bits per heavy atom. The molecule has 4 rings (SSSR count). The topological polar surface area (TPSA) is 40.5 Å². The Balaban J connectivity index is 1.42. The van der Waals surface area contributed by atoms with E-state index in [-0.39, 0.29) is 0 Å². The van der Waals surface area contributed by atoms with E-state index in [4.69, 9.17) is 0 Å². The van der Waals surface area contributed by atoms with Crippen LogP contribution in [0.5, 0.6) is 0 Å². The maximum absolute atomic E-state index is 12.7. The van der Waals surface area contributed by atoms with Gasteiger partial charge in [0, 0.05) is 19.0 Å². The predicted molar refractivity (Wildman–Crippen MR) is 72.4 cm³/mol. The Morgan fingerprint density at radius 1 is 1.16 bits per heavy atom. The third-order valence-corrected chi connectivity index (χ3v) is 6.40. The number of amides is 1. The molecule has 1 heterocycles. The van der Waals surface area contributed by atoms with Crippen molar-refractivity contribution in [3.8, 4) is 0 Å². The largest absolute Gasteiger partial charge is 0.390 e. The number of rotatable bonds is 1. The van der Waals surface area contributed by atoms with Crippen LogP contribution in [0.3, 0.4) is 0 Å². The summed E-state index contributed by atoms with van der Waals surface area (Å²) in [5.41, 5.74) is -0.562. The lowest BCUT2D eigenvalue weighted by molar-refractivity contribution is -0.133. The van der Waals surface area contributed by atoms with Gasteiger partial charge in [0.15, 0.2) is 0 Å². The minimum Gasteiger partial charge on any atom is -0.390 e. The van der Waals surface area contributed by atoms with Gasteiger partial charge >= 0.3 is 0 Å². The lowest BCUT2D eigenvalue weighted by Gasteiger charge is -2.23. The molecule has 1 saturated heterocycles. The lowest BCUT2D eigenvalue weighted by Crippen LogP contribution is -2.35. The second kappa shape index (κ2) is 3.97. The van der Waals surface area contributed by atoms with E-state index in [9.17, 15) is 9.90 Å². The van der Waals surface area contributed by atoms with E-state index in [1.165, 1.54) is 19.3 Å². The summed E-state index contributed by atoms with van der Waals surface area (Å²) in [6, 6.07) is 0. The summed E-state index contributed by atoms with van der Waals surface area (Å²) in [5, 5.41) is 10.1. The third kappa shape index (κ3) is 1.84. The van der Waals surface area contributed by atoms with Gasteiger partial charge in [-0.05, 0) is 69.1 Å². The number of likely N-dealkylation sites (tertiary alicyclic amines) is 1. The summed E-state index contributed by atoms with van der Waals surface area (Å²) >= 11 is 0. The van der Waals surface area contributed by atoms with Gasteiger partial charge in [0.1, 0.15) is 0 Å². The second-order valence-corrected chi connectivity index (χ2v) is 7.69. The molecule has 19 heavy (non-hydrogen) atoms. The maximum Gasteiger partial charge on any atom is 0.226 e. The number of hydrogen-bond donors (Lipinski definition) is 1. The zero-order chi connectivity index (χ0) is 13.2. The number of nitrogens with zero attached hydrogens (tertiary/aromatic N) is 1. The fraction of sp³-hybridized carbons (Fsp3) is 0.938. The van der Waals surface area contributed by atoms with E-state index in [2.05, 4.69) is 4.90 Å². The van der Waals surface area contributed by atoms with E-state index in [1.807, 2.05) is 6.92 Å². The van der Waals surface area contributed by atoms with Gasteiger partial charge in [-0.1, -0.05) is 0 Å². The lowest BCUT2D eigenvalue weighted by atomic mass is 9.98. The normalized spacial score (nSPS) is 51.9. The highest BCUT2D eigenvalue weighted by atomic mass is 16.3. The van der Waals surface area contributed by atoms with Crippen LogP contribution in [0.15, 0.2) is 0 Å². The average Bonchev–Trinajstić information content (AvgIpc) is 2.89. The molecule has 5 unspecified atom stereocenters. The van der Waals surface area contributed by atoms with Crippen molar-refractivity contribution in [3.05, 3.63) is 0 Å². The number of fused-ring (bicyclic) bond motifs is 5. The molecule has 4 aliphatic rings. The molecule has 0 aromatic carbocycles. The predicted octanol–water partition coefficient (Wildman–Crippen LogP) is 2.04. The van der Waals surface area contributed by atoms with Crippen molar-refractivity contribution >= 4 is 5.91 Å². The van der Waals surface area contributed by atoms with Gasteiger partial charge in [0.05, 0.1) is 5.60 Å². The van der Waals surface area contributed by atoms with Crippen LogP contribution in [-0.2, 0) is 4.79 Å². The fourth-order valence-electron chi connectivity index (χ4n) is 5.35. The van der Waals surface area contributed by atoms with Gasteiger partial charge in [0.2, 0.25) is 5.91 Å². The molecular formula is C16H25NO2. The molecule has 1 N–H and O–H groups in total. The first-order valence-electron chi connectivity index (χ1n) is 8.08. The molecular weight excluding hydrogens is 238 g/mol. The summed E-state index contributed by atoms with van der Waals surface area (Å²) in [6.07, 6.45) is 6.70. The molecule has 4 fully saturated rings. The van der Waals surface area contributed by atoms with Crippen molar-refractivity contribution in [2.45, 2.75) is 51.0 Å². The van der Waals surface area contributed by atoms with Crippen LogP contribution in [0.1, 0.15) is 45.4 Å². The van der Waals surface area contributed by atoms with Crippen LogP contribution in [0.2, 0.25) is 0 Å². The average molecular weight is 263 g/mol. The summed E-state index contributed by atoms with van der Waals surface area (Å²) < 4.78 is 0. The van der Waals surface area contributed by atoms with Crippen molar-refractivity contribution in [3.63, 3.8) is 0 Å². The first kappa shape index (κ1) is 12.2. The monoisotopic (exact) mass is 263 g/mol. The Bertz CT molecular complexity index is 390. The fourth-order valence-corrected chi connectivity index (χ4v) is 5.35. The minimum absolute atomic E-state index is 0.370. The van der Waals surface area contributed by atoms with Crippen LogP contribution < -0.4 is 0 Å². The molecule has 0 spiro atoms. The molecule has 2 bridgehead atoms. The summed E-state index contributed by atoms with van der Waals surface area (Å²) in [6.45, 7) is 3.53. The Labute approximate surface area is 115 Å². The highest BCUT2D eigenvalue weighted by Crippen LogP contribution is 2.69. The van der Waals surface area contributed by atoms with Crippen molar-refractivity contribution in [2.75, 3.05) is 13.1 Å². The van der Waals surface area contributed by atoms with E-state index < -0.39 is 5.60 Å². The van der Waals surface area contributed by atoms with E-state index in [0.29, 0.717) is 11.8 Å². The molecule has 1 amide bonds. The van der Waals surface area contributed by atoms with Gasteiger partial charge < -0.3 is 10.0 Å². The summed E-state index contributed by atoms with van der Waals surface area (Å²) in [7, 11) is 0. The smallest absolute Gasteiger partial charge is 0.226 e. The van der Waals surface area contributed by atoms with Crippen molar-refractivity contribution < 1.29 is 9.90 Å². The highest BCUT2D eigenvalue weighted by molar-refractivity contribution is 5.83. The van der Waals surface area contributed by atoms with Crippen molar-refractivity contribution in [1.29, 1.82) is 0 Å². The first-order chi connectivity index (χ1) is 9.07. The Morgan fingerprint density at radius 2 is 1.84 bits per heavy atom. The molecule has 1 aliphatic heterocycles. The molecule has 0 radical (unpaired) electrons. The molecule has 3 nitrogen and oxygen atoms in total. The molecule has 0 aromatic heterocycles. The quantitative estimate of drug-likeness (QED) is 0.786. The summed E-state index contributed by atoms with van der Waals surface area (Å²) in [5.74, 6) is 4.03. The van der Waals surface area contributed by atoms with Gasteiger partial charge in [-0.3, -0.25) is 4.79 Å². The molecule has 3 heteroatoms. The maximum atomic E-state index is 12.7. The van der Waals surface area contributed by atoms with Crippen LogP contribution >= 0.6 is 0 Å². The van der Waals surface area contributed by atoms with Gasteiger partial charge in [-0.2, -0.15) is 0 Å². The van der Waals surface area contributed by atoms with Gasteiger partial charge in [-0.25, -0.2) is 0 Å². The van der Waals surface area contributed by atoms with Gasteiger partial charge in [0.25, 0.3) is 0 Å². The Kier molecular flexibility index (Phi) is 2.55. The number of carbonyl (C=O) groups excluding carboxylic acids is 1. The van der Waals surface area contributed by atoms with Crippen LogP contribution in [-0.4, -0.2) is 34.6 Å². The molecule has 3 saturated carbocycles. The zero-order valence-electron chi connectivity index (χ0n) is 11.8. The molecule has 0 aromatic rings. The zero-order valence-corrected chi connectivity index (χ0v) is 11.8. The Hall–Kier alpha value is -0.570. The molecule has 106 valence electrons. The van der Waals surface area contributed by atoms with Crippen LogP contribution in [0.4, 0.5) is 0 Å². The molecule has 3 aliphatic carbocycles. The van der Waals surface area contributed by atoms with Crippen LogP contribution in [0, 0.1) is 29.6 Å². The first-order valence-corrected chi connectivity index (χ1v) is 8.08. The number of carbonyl (C=O) groups is 1. The van der Waals surface area contributed by atoms with Crippen LogP contribution in [0.25, 0.3) is 0 Å². The van der Waals surface area contributed by atoms with Crippen molar-refractivity contribution in [1.82, 2.24) is 4.90 Å². The van der Waals surface area contributed by atoms with E-state index >= 15 is 0 Å². The number of hydrogen-bond acceptors (Lipinski definition) is 2. The standard InChI is InChI=1S/C16H25NO2/c1-16(19)5-2-7-17(8-6-16)15(18)14-12-10-3-4-11(9-10)13(12)14/h10-14,19H,2-9H2,1H3. The van der Waals surface area contributed by atoms with E-state index in [0.717, 1.165) is 56.0 Å².